The molecule has 1 amide bonds. The average Bonchev–Trinajstić information content (AvgIpc) is 2.98. The van der Waals surface area contributed by atoms with Gasteiger partial charge >= 0.3 is 0 Å². The third kappa shape index (κ3) is 3.53. The Labute approximate surface area is 180 Å². The molecule has 4 rings (SSSR count). The maximum atomic E-state index is 13.5. The molecule has 0 aromatic heterocycles. The number of rotatable bonds is 6. The molecular formula is C26H32N2O2. The van der Waals surface area contributed by atoms with E-state index in [9.17, 15) is 4.79 Å². The summed E-state index contributed by atoms with van der Waals surface area (Å²) in [4.78, 5) is 20.3. The zero-order chi connectivity index (χ0) is 21.5. The highest BCUT2D eigenvalue weighted by molar-refractivity contribution is 6.55. The number of ether oxygens (including phenoxy) is 1. The molecule has 2 aliphatic heterocycles. The highest BCUT2D eigenvalue weighted by Gasteiger charge is 2.48. The van der Waals surface area contributed by atoms with Gasteiger partial charge in [-0.1, -0.05) is 32.4 Å². The standard InChI is InChI=1S/C26H32N2O2/c1-6-8-9-18-10-12-19(13-11-18)27-23-22-15-20(30-7-2)14-21-17(3)16-26(4,5)28(24(21)22)25(23)29/h10-15,17H,6-9,16H2,1-5H3/t17-/m1/s1. The summed E-state index contributed by atoms with van der Waals surface area (Å²) in [6.07, 6.45) is 4.37. The van der Waals surface area contributed by atoms with E-state index in [-0.39, 0.29) is 11.4 Å². The molecule has 0 radical (unpaired) electrons. The molecule has 2 aliphatic rings. The lowest BCUT2D eigenvalue weighted by atomic mass is 9.80. The van der Waals surface area contributed by atoms with Crippen molar-refractivity contribution in [2.45, 2.75) is 71.8 Å². The lowest BCUT2D eigenvalue weighted by molar-refractivity contribution is -0.113. The minimum absolute atomic E-state index is 0.00754. The Morgan fingerprint density at radius 2 is 1.90 bits per heavy atom. The molecule has 30 heavy (non-hydrogen) atoms. The van der Waals surface area contributed by atoms with Gasteiger partial charge in [-0.3, -0.25) is 4.79 Å². The smallest absolute Gasteiger partial charge is 0.278 e. The van der Waals surface area contributed by atoms with Crippen LogP contribution >= 0.6 is 0 Å². The molecule has 158 valence electrons. The fourth-order valence-electron chi connectivity index (χ4n) is 4.89. The van der Waals surface area contributed by atoms with Crippen LogP contribution in [0.3, 0.4) is 0 Å². The van der Waals surface area contributed by atoms with Crippen molar-refractivity contribution >= 4 is 23.0 Å². The monoisotopic (exact) mass is 404 g/mol. The molecule has 0 bridgehead atoms. The van der Waals surface area contributed by atoms with Gasteiger partial charge in [0.15, 0.2) is 0 Å². The number of carbonyl (C=O) groups is 1. The van der Waals surface area contributed by atoms with E-state index in [0.29, 0.717) is 18.2 Å². The van der Waals surface area contributed by atoms with Crippen LogP contribution in [0.15, 0.2) is 41.4 Å². The molecule has 0 unspecified atom stereocenters. The SMILES string of the molecule is CCCCc1ccc(N=C2C(=O)N3c4c2cc(OCC)cc4[C@H](C)CC3(C)C)cc1. The van der Waals surface area contributed by atoms with E-state index in [4.69, 9.17) is 9.73 Å². The van der Waals surface area contributed by atoms with Crippen molar-refractivity contribution in [3.63, 3.8) is 0 Å². The molecule has 0 saturated heterocycles. The number of aryl methyl sites for hydroxylation is 1. The van der Waals surface area contributed by atoms with Gasteiger partial charge in [0.2, 0.25) is 0 Å². The first-order valence-electron chi connectivity index (χ1n) is 11.2. The van der Waals surface area contributed by atoms with E-state index in [2.05, 4.69) is 45.9 Å². The Hall–Kier alpha value is -2.62. The summed E-state index contributed by atoms with van der Waals surface area (Å²) in [6.45, 7) is 11.3. The third-order valence-corrected chi connectivity index (χ3v) is 6.25. The number of benzene rings is 2. The zero-order valence-corrected chi connectivity index (χ0v) is 18.8. The van der Waals surface area contributed by atoms with Crippen molar-refractivity contribution in [1.82, 2.24) is 0 Å². The summed E-state index contributed by atoms with van der Waals surface area (Å²) >= 11 is 0. The molecule has 0 aliphatic carbocycles. The van der Waals surface area contributed by atoms with Crippen LogP contribution in [0.5, 0.6) is 5.75 Å². The van der Waals surface area contributed by atoms with Gasteiger partial charge in [0, 0.05) is 11.1 Å². The molecule has 4 nitrogen and oxygen atoms in total. The fraction of sp³-hybridized carbons (Fsp3) is 0.462. The third-order valence-electron chi connectivity index (χ3n) is 6.25. The number of hydrogen-bond donors (Lipinski definition) is 0. The molecule has 0 spiro atoms. The first-order valence-corrected chi connectivity index (χ1v) is 11.2. The molecule has 0 N–H and O–H groups in total. The summed E-state index contributed by atoms with van der Waals surface area (Å²) < 4.78 is 5.84. The van der Waals surface area contributed by atoms with Crippen molar-refractivity contribution in [1.29, 1.82) is 0 Å². The number of carbonyl (C=O) groups excluding carboxylic acids is 1. The van der Waals surface area contributed by atoms with Crippen molar-refractivity contribution in [2.75, 3.05) is 11.5 Å². The molecule has 2 aromatic carbocycles. The van der Waals surface area contributed by atoms with Gasteiger partial charge in [-0.25, -0.2) is 4.99 Å². The first kappa shape index (κ1) is 20.6. The quantitative estimate of drug-likeness (QED) is 0.577. The number of anilines is 1. The van der Waals surface area contributed by atoms with Crippen LogP contribution in [0.25, 0.3) is 0 Å². The number of aliphatic imine (C=N–C) groups is 1. The molecular weight excluding hydrogens is 372 g/mol. The topological polar surface area (TPSA) is 41.9 Å². The highest BCUT2D eigenvalue weighted by Crippen LogP contribution is 2.50. The lowest BCUT2D eigenvalue weighted by Gasteiger charge is -2.43. The molecule has 2 aromatic rings. The van der Waals surface area contributed by atoms with E-state index in [1.807, 2.05) is 30.0 Å². The summed E-state index contributed by atoms with van der Waals surface area (Å²) in [5.74, 6) is 1.16. The van der Waals surface area contributed by atoms with Gasteiger partial charge in [0.05, 0.1) is 18.0 Å². The minimum atomic E-state index is -0.243. The zero-order valence-electron chi connectivity index (χ0n) is 18.8. The van der Waals surface area contributed by atoms with Crippen LogP contribution in [0.4, 0.5) is 11.4 Å². The normalized spacial score (nSPS) is 20.6. The van der Waals surface area contributed by atoms with Crippen LogP contribution in [0.1, 0.15) is 76.5 Å². The Bertz CT molecular complexity index is 989. The second kappa shape index (κ2) is 7.90. The van der Waals surface area contributed by atoms with Gasteiger partial charge in [0.25, 0.3) is 5.91 Å². The van der Waals surface area contributed by atoms with Gasteiger partial charge in [0.1, 0.15) is 11.5 Å². The first-order chi connectivity index (χ1) is 14.4. The van der Waals surface area contributed by atoms with Crippen LogP contribution in [-0.4, -0.2) is 23.8 Å². The van der Waals surface area contributed by atoms with E-state index in [1.54, 1.807) is 0 Å². The van der Waals surface area contributed by atoms with Crippen molar-refractivity contribution in [3.05, 3.63) is 53.1 Å². The number of nitrogens with zero attached hydrogens (tertiary/aromatic N) is 2. The van der Waals surface area contributed by atoms with Crippen LogP contribution in [0.2, 0.25) is 0 Å². The molecule has 1 atom stereocenters. The number of hydrogen-bond acceptors (Lipinski definition) is 3. The minimum Gasteiger partial charge on any atom is -0.494 e. The Kier molecular flexibility index (Phi) is 5.44. The van der Waals surface area contributed by atoms with Crippen LogP contribution in [-0.2, 0) is 11.2 Å². The molecule has 0 saturated carbocycles. The molecule has 0 fully saturated rings. The van der Waals surface area contributed by atoms with E-state index < -0.39 is 0 Å². The van der Waals surface area contributed by atoms with E-state index in [1.165, 1.54) is 24.0 Å². The summed E-state index contributed by atoms with van der Waals surface area (Å²) in [6, 6.07) is 12.4. The van der Waals surface area contributed by atoms with Crippen molar-refractivity contribution < 1.29 is 9.53 Å². The van der Waals surface area contributed by atoms with Gasteiger partial charge in [-0.2, -0.15) is 0 Å². The van der Waals surface area contributed by atoms with Crippen molar-refractivity contribution in [3.8, 4) is 5.75 Å². The fourth-order valence-corrected chi connectivity index (χ4v) is 4.89. The van der Waals surface area contributed by atoms with Crippen LogP contribution in [0, 0.1) is 0 Å². The molecule has 4 heteroatoms. The van der Waals surface area contributed by atoms with Gasteiger partial charge in [-0.15, -0.1) is 0 Å². The van der Waals surface area contributed by atoms with Crippen molar-refractivity contribution in [2.24, 2.45) is 4.99 Å². The van der Waals surface area contributed by atoms with Gasteiger partial charge in [-0.05, 0) is 81.3 Å². The summed E-state index contributed by atoms with van der Waals surface area (Å²) in [5, 5.41) is 0. The highest BCUT2D eigenvalue weighted by atomic mass is 16.5. The summed E-state index contributed by atoms with van der Waals surface area (Å²) in [7, 11) is 0. The van der Waals surface area contributed by atoms with Crippen LogP contribution < -0.4 is 9.64 Å². The van der Waals surface area contributed by atoms with E-state index >= 15 is 0 Å². The number of amides is 1. The van der Waals surface area contributed by atoms with Gasteiger partial charge < -0.3 is 9.64 Å². The second-order valence-electron chi connectivity index (χ2n) is 9.13. The largest absolute Gasteiger partial charge is 0.494 e. The molecule has 2 heterocycles. The van der Waals surface area contributed by atoms with E-state index in [0.717, 1.165) is 35.5 Å². The lowest BCUT2D eigenvalue weighted by Crippen LogP contribution is -2.50. The average molecular weight is 405 g/mol. The Balaban J connectivity index is 1.81. The Morgan fingerprint density at radius 3 is 2.57 bits per heavy atom. The predicted molar refractivity (Wildman–Crippen MR) is 123 cm³/mol. The second-order valence-corrected chi connectivity index (χ2v) is 9.13. The number of unbranched alkanes of at least 4 members (excludes halogenated alkanes) is 1. The predicted octanol–water partition coefficient (Wildman–Crippen LogP) is 6.18. The summed E-state index contributed by atoms with van der Waals surface area (Å²) in [5.41, 5.74) is 5.52. The maximum Gasteiger partial charge on any atom is 0.278 e. The maximum absolute atomic E-state index is 13.5. The Morgan fingerprint density at radius 1 is 1.17 bits per heavy atom.